The first kappa shape index (κ1) is 11.5. The van der Waals surface area contributed by atoms with Crippen molar-refractivity contribution in [3.8, 4) is 0 Å². The molecule has 0 spiro atoms. The first-order valence-corrected chi connectivity index (χ1v) is 5.92. The van der Waals surface area contributed by atoms with E-state index in [1.165, 1.54) is 4.90 Å². The van der Waals surface area contributed by atoms with Crippen LogP contribution in [0.4, 0.5) is 5.82 Å². The van der Waals surface area contributed by atoms with Crippen molar-refractivity contribution in [2.75, 3.05) is 11.9 Å². The van der Waals surface area contributed by atoms with Gasteiger partial charge in [-0.3, -0.25) is 9.69 Å². The van der Waals surface area contributed by atoms with Gasteiger partial charge in [0.05, 0.1) is 6.26 Å². The maximum absolute atomic E-state index is 12.4. The fraction of sp³-hybridized carbons (Fsp3) is 0.0667. The van der Waals surface area contributed by atoms with E-state index in [9.17, 15) is 4.79 Å². The molecule has 4 heteroatoms. The van der Waals surface area contributed by atoms with Crippen molar-refractivity contribution in [1.29, 1.82) is 0 Å². The molecule has 0 N–H and O–H groups in total. The lowest BCUT2D eigenvalue weighted by Crippen LogP contribution is -2.26. The highest BCUT2D eigenvalue weighted by Gasteiger charge is 2.14. The molecule has 0 radical (unpaired) electrons. The molecule has 0 saturated heterocycles. The van der Waals surface area contributed by atoms with Gasteiger partial charge in [-0.1, -0.05) is 6.07 Å². The highest BCUT2D eigenvalue weighted by Crippen LogP contribution is 2.19. The van der Waals surface area contributed by atoms with Crippen LogP contribution in [0.5, 0.6) is 0 Å². The minimum absolute atomic E-state index is 0.0956. The summed E-state index contributed by atoms with van der Waals surface area (Å²) in [7, 11) is 1.71. The van der Waals surface area contributed by atoms with E-state index in [2.05, 4.69) is 4.98 Å². The van der Waals surface area contributed by atoms with Crippen LogP contribution < -0.4 is 4.90 Å². The van der Waals surface area contributed by atoms with Crippen LogP contribution in [-0.4, -0.2) is 17.9 Å². The van der Waals surface area contributed by atoms with Gasteiger partial charge in [0, 0.05) is 24.2 Å². The molecular formula is C15H12N2O2. The number of carbonyl (C=O) groups is 1. The van der Waals surface area contributed by atoms with Crippen LogP contribution in [0, 0.1) is 0 Å². The predicted octanol–water partition coefficient (Wildman–Crippen LogP) is 3.10. The summed E-state index contributed by atoms with van der Waals surface area (Å²) in [4.78, 5) is 18.1. The Balaban J connectivity index is 1.95. The zero-order valence-corrected chi connectivity index (χ0v) is 10.4. The number of fused-ring (bicyclic) bond motifs is 1. The van der Waals surface area contributed by atoms with Crippen molar-refractivity contribution in [2.24, 2.45) is 0 Å². The summed E-state index contributed by atoms with van der Waals surface area (Å²) >= 11 is 0. The van der Waals surface area contributed by atoms with Crippen LogP contribution in [0.2, 0.25) is 0 Å². The fourth-order valence-corrected chi connectivity index (χ4v) is 1.95. The molecule has 2 aromatic heterocycles. The lowest BCUT2D eigenvalue weighted by atomic mass is 10.1. The molecule has 3 aromatic rings. The Bertz CT molecular complexity index is 719. The third kappa shape index (κ3) is 2.08. The third-order valence-electron chi connectivity index (χ3n) is 3.00. The molecule has 4 nitrogen and oxygen atoms in total. The Morgan fingerprint density at radius 2 is 2.11 bits per heavy atom. The summed E-state index contributed by atoms with van der Waals surface area (Å²) in [5.41, 5.74) is 1.39. The largest absolute Gasteiger partial charge is 0.464 e. The highest BCUT2D eigenvalue weighted by atomic mass is 16.3. The predicted molar refractivity (Wildman–Crippen MR) is 73.2 cm³/mol. The molecule has 0 aliphatic rings. The lowest BCUT2D eigenvalue weighted by molar-refractivity contribution is 0.0992. The SMILES string of the molecule is CN(C(=O)c1ccc2occc2c1)c1ccccn1. The van der Waals surface area contributed by atoms with Crippen molar-refractivity contribution in [2.45, 2.75) is 0 Å². The van der Waals surface area contributed by atoms with E-state index in [0.717, 1.165) is 11.0 Å². The molecule has 94 valence electrons. The number of benzene rings is 1. The van der Waals surface area contributed by atoms with Gasteiger partial charge in [-0.05, 0) is 36.4 Å². The first-order valence-electron chi connectivity index (χ1n) is 5.92. The molecule has 0 bridgehead atoms. The Labute approximate surface area is 110 Å². The summed E-state index contributed by atoms with van der Waals surface area (Å²) < 4.78 is 5.26. The van der Waals surface area contributed by atoms with Crippen LogP contribution >= 0.6 is 0 Å². The van der Waals surface area contributed by atoms with Crippen molar-refractivity contribution < 1.29 is 9.21 Å². The summed E-state index contributed by atoms with van der Waals surface area (Å²) in [6, 6.07) is 12.7. The van der Waals surface area contributed by atoms with Crippen LogP contribution in [0.25, 0.3) is 11.0 Å². The standard InChI is InChI=1S/C15H12N2O2/c1-17(14-4-2-3-8-16-14)15(18)12-5-6-13-11(10-12)7-9-19-13/h2-10H,1H3. The second kappa shape index (κ2) is 4.57. The molecule has 0 unspecified atom stereocenters. The zero-order valence-electron chi connectivity index (χ0n) is 10.4. The molecule has 0 aliphatic heterocycles. The van der Waals surface area contributed by atoms with E-state index in [1.807, 2.05) is 24.3 Å². The Morgan fingerprint density at radius 3 is 2.89 bits per heavy atom. The van der Waals surface area contributed by atoms with E-state index >= 15 is 0 Å². The van der Waals surface area contributed by atoms with E-state index in [4.69, 9.17) is 4.42 Å². The van der Waals surface area contributed by atoms with Crippen molar-refractivity contribution in [1.82, 2.24) is 4.98 Å². The smallest absolute Gasteiger partial charge is 0.259 e. The molecule has 19 heavy (non-hydrogen) atoms. The molecular weight excluding hydrogens is 240 g/mol. The van der Waals surface area contributed by atoms with Gasteiger partial charge in [0.2, 0.25) is 0 Å². The average molecular weight is 252 g/mol. The maximum Gasteiger partial charge on any atom is 0.259 e. The van der Waals surface area contributed by atoms with E-state index < -0.39 is 0 Å². The van der Waals surface area contributed by atoms with Gasteiger partial charge < -0.3 is 4.42 Å². The number of hydrogen-bond acceptors (Lipinski definition) is 3. The van der Waals surface area contributed by atoms with Crippen molar-refractivity contribution in [3.63, 3.8) is 0 Å². The van der Waals surface area contributed by atoms with Gasteiger partial charge in [0.25, 0.3) is 5.91 Å². The fourth-order valence-electron chi connectivity index (χ4n) is 1.95. The summed E-state index contributed by atoms with van der Waals surface area (Å²) in [6.45, 7) is 0. The second-order valence-electron chi connectivity index (χ2n) is 4.23. The number of hydrogen-bond donors (Lipinski definition) is 0. The summed E-state index contributed by atoms with van der Waals surface area (Å²) in [5, 5.41) is 0.917. The number of carbonyl (C=O) groups excluding carboxylic acids is 1. The van der Waals surface area contributed by atoms with Gasteiger partial charge in [0.1, 0.15) is 11.4 Å². The van der Waals surface area contributed by atoms with Crippen LogP contribution in [0.1, 0.15) is 10.4 Å². The van der Waals surface area contributed by atoms with E-state index in [0.29, 0.717) is 11.4 Å². The molecule has 1 aromatic carbocycles. The number of amides is 1. The number of furan rings is 1. The van der Waals surface area contributed by atoms with Gasteiger partial charge in [0.15, 0.2) is 0 Å². The second-order valence-corrected chi connectivity index (χ2v) is 4.23. The molecule has 0 aliphatic carbocycles. The lowest BCUT2D eigenvalue weighted by Gasteiger charge is -2.15. The molecule has 0 saturated carbocycles. The van der Waals surface area contributed by atoms with Crippen molar-refractivity contribution >= 4 is 22.7 Å². The third-order valence-corrected chi connectivity index (χ3v) is 3.00. The van der Waals surface area contributed by atoms with Crippen molar-refractivity contribution in [3.05, 3.63) is 60.5 Å². The van der Waals surface area contributed by atoms with Crippen LogP contribution in [-0.2, 0) is 0 Å². The molecule has 2 heterocycles. The minimum Gasteiger partial charge on any atom is -0.464 e. The van der Waals surface area contributed by atoms with Gasteiger partial charge >= 0.3 is 0 Å². The number of aromatic nitrogens is 1. The number of anilines is 1. The Morgan fingerprint density at radius 1 is 1.21 bits per heavy atom. The van der Waals surface area contributed by atoms with Gasteiger partial charge in [-0.2, -0.15) is 0 Å². The number of pyridine rings is 1. The maximum atomic E-state index is 12.4. The monoisotopic (exact) mass is 252 g/mol. The molecule has 0 fully saturated rings. The normalized spacial score (nSPS) is 10.6. The molecule has 0 atom stereocenters. The Hall–Kier alpha value is -2.62. The van der Waals surface area contributed by atoms with Gasteiger partial charge in [-0.15, -0.1) is 0 Å². The Kier molecular flexibility index (Phi) is 2.76. The van der Waals surface area contributed by atoms with Crippen LogP contribution in [0.3, 0.4) is 0 Å². The number of rotatable bonds is 2. The average Bonchev–Trinajstić information content (AvgIpc) is 2.94. The summed E-state index contributed by atoms with van der Waals surface area (Å²) in [6.07, 6.45) is 3.28. The van der Waals surface area contributed by atoms with E-state index in [-0.39, 0.29) is 5.91 Å². The number of nitrogens with zero attached hydrogens (tertiary/aromatic N) is 2. The summed E-state index contributed by atoms with van der Waals surface area (Å²) in [5.74, 6) is 0.529. The topological polar surface area (TPSA) is 46.3 Å². The highest BCUT2D eigenvalue weighted by molar-refractivity contribution is 6.06. The van der Waals surface area contributed by atoms with Crippen LogP contribution in [0.15, 0.2) is 59.3 Å². The zero-order chi connectivity index (χ0) is 13.2. The first-order chi connectivity index (χ1) is 9.25. The minimum atomic E-state index is -0.0956. The van der Waals surface area contributed by atoms with Gasteiger partial charge in [-0.25, -0.2) is 4.98 Å². The molecule has 1 amide bonds. The van der Waals surface area contributed by atoms with E-state index in [1.54, 1.807) is 37.7 Å². The molecule has 3 rings (SSSR count). The quantitative estimate of drug-likeness (QED) is 0.704.